The molecule has 11 heteroatoms. The fourth-order valence-corrected chi connectivity index (χ4v) is 7.92. The molecular weight excluding hydrogens is 683 g/mol. The first kappa shape index (κ1) is 31.2. The van der Waals surface area contributed by atoms with Gasteiger partial charge in [-0.1, -0.05) is 144 Å². The largest absolute Gasteiger partial charge is 0.292 e. The molecule has 0 radical (unpaired) electrons. The average Bonchev–Trinajstić information content (AvgIpc) is 3.05. The lowest BCUT2D eigenvalue weighted by Gasteiger charge is -2.60. The van der Waals surface area contributed by atoms with Gasteiger partial charge in [-0.25, -0.2) is 0 Å². The van der Waals surface area contributed by atoms with Crippen molar-refractivity contribution in [3.63, 3.8) is 0 Å². The van der Waals surface area contributed by atoms with Gasteiger partial charge < -0.3 is 0 Å². The Morgan fingerprint density at radius 1 is 0.556 bits per heavy atom. The summed E-state index contributed by atoms with van der Waals surface area (Å²) in [5, 5.41) is 30.0. The Labute approximate surface area is 276 Å². The summed E-state index contributed by atoms with van der Waals surface area (Å²) in [6.45, 7) is 1.37. The molecule has 6 unspecified atom stereocenters. The number of nitrogens with one attached hydrogen (secondary N) is 1. The van der Waals surface area contributed by atoms with Gasteiger partial charge in [0.25, 0.3) is 12.1 Å². The van der Waals surface area contributed by atoms with E-state index in [2.05, 4.69) is 27.9 Å². The van der Waals surface area contributed by atoms with Crippen LogP contribution in [0.4, 0.5) is 0 Å². The lowest BCUT2D eigenvalue weighted by Crippen LogP contribution is -2.83. The molecule has 4 aromatic rings. The number of hydrogen-bond acceptors (Lipinski definition) is 8. The molecule has 2 fully saturated rings. The smallest absolute Gasteiger partial charge is 0.269 e. The minimum Gasteiger partial charge on any atom is -0.292 e. The van der Waals surface area contributed by atoms with Crippen LogP contribution in [0.25, 0.3) is 0 Å². The Balaban J connectivity index is 1.51. The van der Waals surface area contributed by atoms with Crippen molar-refractivity contribution in [2.24, 2.45) is 0 Å². The normalized spacial score (nSPS) is 25.5. The van der Waals surface area contributed by atoms with Crippen molar-refractivity contribution in [1.29, 1.82) is 0 Å². The molecule has 0 aromatic heterocycles. The van der Waals surface area contributed by atoms with Gasteiger partial charge in [-0.2, -0.15) is 0 Å². The van der Waals surface area contributed by atoms with Crippen LogP contribution in [0.2, 0.25) is 0 Å². The van der Waals surface area contributed by atoms with Gasteiger partial charge in [0, 0.05) is 36.0 Å². The van der Waals surface area contributed by atoms with Gasteiger partial charge in [-0.3, -0.25) is 40.2 Å². The standard InChI is InChI=1S/C34H35IN6O4/c35-31-29(40(42)43)33-38(23-27-17-9-3-10-18-27)32(36-21-25-13-5-1-6-14-25)30(41(44)45)34(37(31)22-26-15-7-2-8-16-26)39(33)24-28-19-11-4-12-20-28/h1-20,29-34,36H,21-24H2. The van der Waals surface area contributed by atoms with Gasteiger partial charge in [0.2, 0.25) is 0 Å². The molecule has 45 heavy (non-hydrogen) atoms. The number of nitrogens with zero attached hydrogens (tertiary/aromatic N) is 5. The molecule has 4 aromatic carbocycles. The summed E-state index contributed by atoms with van der Waals surface area (Å²) in [4.78, 5) is 32.1. The molecule has 2 heterocycles. The van der Waals surface area contributed by atoms with E-state index in [1.54, 1.807) is 0 Å². The summed E-state index contributed by atoms with van der Waals surface area (Å²) in [5.41, 5.74) is 3.80. The highest BCUT2D eigenvalue weighted by Crippen LogP contribution is 2.42. The van der Waals surface area contributed by atoms with Crippen molar-refractivity contribution in [1.82, 2.24) is 20.0 Å². The van der Waals surface area contributed by atoms with E-state index in [0.29, 0.717) is 26.2 Å². The molecular formula is C34H35IN6O4. The molecule has 1 N–H and O–H groups in total. The molecule has 10 nitrogen and oxygen atoms in total. The number of rotatable bonds is 11. The lowest BCUT2D eigenvalue weighted by molar-refractivity contribution is -0.586. The van der Waals surface area contributed by atoms with Gasteiger partial charge in [-0.05, 0) is 22.3 Å². The maximum atomic E-state index is 13.3. The second-order valence-electron chi connectivity index (χ2n) is 11.5. The van der Waals surface area contributed by atoms with E-state index in [1.165, 1.54) is 0 Å². The molecule has 6 rings (SSSR count). The highest BCUT2D eigenvalue weighted by molar-refractivity contribution is 14.1. The van der Waals surface area contributed by atoms with Gasteiger partial charge in [0.15, 0.2) is 0 Å². The first-order valence-electron chi connectivity index (χ1n) is 15.0. The molecule has 2 aliphatic heterocycles. The molecule has 232 valence electrons. The minimum absolute atomic E-state index is 0.187. The van der Waals surface area contributed by atoms with Crippen molar-refractivity contribution < 1.29 is 9.85 Å². The first-order valence-corrected chi connectivity index (χ1v) is 16.2. The maximum Gasteiger partial charge on any atom is 0.269 e. The highest BCUT2D eigenvalue weighted by Gasteiger charge is 2.66. The summed E-state index contributed by atoms with van der Waals surface area (Å²) in [5.74, 6) is 0. The van der Waals surface area contributed by atoms with Crippen molar-refractivity contribution in [2.45, 2.75) is 60.8 Å². The number of hydrogen-bond donors (Lipinski definition) is 1. The SMILES string of the molecule is O=[N+]([O-])C1C(I)N(Cc2ccccc2)C2C([N+](=O)[O-])C(NCc3ccccc3)N(Cc3ccccc3)C1N2Cc1ccccc1. The molecule has 0 aliphatic carbocycles. The second-order valence-corrected chi connectivity index (χ2v) is 12.8. The van der Waals surface area contributed by atoms with Crippen LogP contribution in [-0.2, 0) is 26.2 Å². The van der Waals surface area contributed by atoms with Gasteiger partial charge in [0.1, 0.15) is 22.5 Å². The maximum absolute atomic E-state index is 13.3. The van der Waals surface area contributed by atoms with E-state index < -0.39 is 34.6 Å². The molecule has 0 spiro atoms. The zero-order valence-corrected chi connectivity index (χ0v) is 26.7. The molecule has 2 bridgehead atoms. The van der Waals surface area contributed by atoms with E-state index in [0.717, 1.165) is 22.3 Å². The molecule has 0 saturated carbocycles. The van der Waals surface area contributed by atoms with Crippen molar-refractivity contribution in [2.75, 3.05) is 0 Å². The fourth-order valence-electron chi connectivity index (χ4n) is 6.76. The Morgan fingerprint density at radius 2 is 0.933 bits per heavy atom. The first-order chi connectivity index (χ1) is 21.9. The lowest BCUT2D eigenvalue weighted by atomic mass is 9.91. The third kappa shape index (κ3) is 6.77. The highest BCUT2D eigenvalue weighted by atomic mass is 127. The summed E-state index contributed by atoms with van der Waals surface area (Å²) < 4.78 is -0.601. The van der Waals surface area contributed by atoms with Gasteiger partial charge in [0.05, 0.1) is 0 Å². The molecule has 0 amide bonds. The average molecular weight is 719 g/mol. The Kier molecular flexibility index (Phi) is 9.81. The number of fused-ring (bicyclic) bond motifs is 2. The number of halogens is 1. The fraction of sp³-hybridized carbons (Fsp3) is 0.294. The minimum atomic E-state index is -1.12. The molecule has 2 aliphatic rings. The van der Waals surface area contributed by atoms with Crippen molar-refractivity contribution in [3.8, 4) is 0 Å². The van der Waals surface area contributed by atoms with Gasteiger partial charge in [-0.15, -0.1) is 0 Å². The van der Waals surface area contributed by atoms with Crippen LogP contribution in [-0.4, -0.2) is 59.2 Å². The van der Waals surface area contributed by atoms with Crippen LogP contribution in [0, 0.1) is 20.2 Å². The Hall–Kier alpha value is -3.75. The van der Waals surface area contributed by atoms with E-state index >= 15 is 0 Å². The van der Waals surface area contributed by atoms with E-state index in [4.69, 9.17) is 0 Å². The van der Waals surface area contributed by atoms with E-state index in [1.807, 2.05) is 136 Å². The topological polar surface area (TPSA) is 108 Å². The zero-order chi connectivity index (χ0) is 31.3. The monoisotopic (exact) mass is 718 g/mol. The Bertz CT molecular complexity index is 1520. The summed E-state index contributed by atoms with van der Waals surface area (Å²) in [6, 6.07) is 36.7. The summed E-state index contributed by atoms with van der Waals surface area (Å²) in [7, 11) is 0. The quantitative estimate of drug-likeness (QED) is 0.0729. The number of nitro groups is 2. The van der Waals surface area contributed by atoms with Crippen molar-refractivity contribution >= 4 is 22.6 Å². The molecule has 6 atom stereocenters. The van der Waals surface area contributed by atoms with Crippen LogP contribution in [0.1, 0.15) is 22.3 Å². The van der Waals surface area contributed by atoms with E-state index in [9.17, 15) is 20.2 Å². The van der Waals surface area contributed by atoms with Crippen molar-refractivity contribution in [3.05, 3.63) is 164 Å². The predicted molar refractivity (Wildman–Crippen MR) is 180 cm³/mol. The van der Waals surface area contributed by atoms with Crippen LogP contribution < -0.4 is 5.32 Å². The molecule has 2 saturated heterocycles. The number of benzene rings is 4. The summed E-state index contributed by atoms with van der Waals surface area (Å²) >= 11 is 2.15. The number of alkyl halides is 1. The Morgan fingerprint density at radius 3 is 1.38 bits per heavy atom. The zero-order valence-electron chi connectivity index (χ0n) is 24.6. The van der Waals surface area contributed by atoms with Crippen LogP contribution in [0.15, 0.2) is 121 Å². The third-order valence-corrected chi connectivity index (χ3v) is 10.2. The third-order valence-electron chi connectivity index (χ3n) is 8.72. The van der Waals surface area contributed by atoms with E-state index in [-0.39, 0.29) is 9.85 Å². The van der Waals surface area contributed by atoms with Crippen LogP contribution in [0.3, 0.4) is 0 Å². The van der Waals surface area contributed by atoms with Gasteiger partial charge >= 0.3 is 0 Å². The predicted octanol–water partition coefficient (Wildman–Crippen LogP) is 5.34. The van der Waals surface area contributed by atoms with Crippen LogP contribution in [0.5, 0.6) is 0 Å². The van der Waals surface area contributed by atoms with Crippen LogP contribution >= 0.6 is 22.6 Å². The summed E-state index contributed by atoms with van der Waals surface area (Å²) in [6.07, 6.45) is -2.22. The second kappa shape index (κ2) is 14.1.